The largest absolute Gasteiger partial charge is 0.354 e. The third-order valence-electron chi connectivity index (χ3n) is 3.73. The summed E-state index contributed by atoms with van der Waals surface area (Å²) in [4.78, 5) is 13.1. The number of hydrogen-bond donors (Lipinski definition) is 0. The quantitative estimate of drug-likeness (QED) is 0.797. The molecule has 1 saturated heterocycles. The number of ketones is 1. The lowest BCUT2D eigenvalue weighted by atomic mass is 9.75. The maximum absolute atomic E-state index is 13.1. The number of rotatable bonds is 3. The molecule has 3 rings (SSSR count). The van der Waals surface area contributed by atoms with Crippen molar-refractivity contribution in [1.29, 1.82) is 0 Å². The van der Waals surface area contributed by atoms with Crippen LogP contribution < -0.4 is 0 Å². The Balaban J connectivity index is 2.03. The summed E-state index contributed by atoms with van der Waals surface area (Å²) in [6.07, 6.45) is 0. The number of halogens is 1. The zero-order valence-corrected chi connectivity index (χ0v) is 13.0. The minimum Gasteiger partial charge on any atom is -0.354 e. The van der Waals surface area contributed by atoms with Gasteiger partial charge in [-0.15, -0.1) is 0 Å². The molecule has 0 amide bonds. The highest BCUT2D eigenvalue weighted by Crippen LogP contribution is 2.32. The van der Waals surface area contributed by atoms with Crippen LogP contribution in [0.5, 0.6) is 0 Å². The fourth-order valence-corrected chi connectivity index (χ4v) is 2.86. The van der Waals surface area contributed by atoms with Crippen LogP contribution in [0.25, 0.3) is 0 Å². The highest BCUT2D eigenvalue weighted by Gasteiger charge is 2.43. The molecule has 2 aromatic rings. The Morgan fingerprint density at radius 2 is 1.57 bits per heavy atom. The number of ether oxygens (including phenoxy) is 2. The number of benzene rings is 2. The predicted octanol–water partition coefficient (Wildman–Crippen LogP) is 3.57. The van der Waals surface area contributed by atoms with Gasteiger partial charge in [0.1, 0.15) is 12.2 Å². The number of Topliss-reactive ketones (excluding diaryl/α,β-unsaturated/α-hetero) is 1. The monoisotopic (exact) mass is 346 g/mol. The summed E-state index contributed by atoms with van der Waals surface area (Å²) in [6.45, 7) is 0.917. The number of carbonyl (C=O) groups excluding carboxylic acids is 1. The molecule has 0 N–H and O–H groups in total. The van der Waals surface area contributed by atoms with E-state index >= 15 is 0 Å². The van der Waals surface area contributed by atoms with Gasteiger partial charge in [-0.1, -0.05) is 58.4 Å². The Morgan fingerprint density at radius 3 is 2.19 bits per heavy atom. The molecule has 4 heteroatoms. The second-order valence-corrected chi connectivity index (χ2v) is 6.01. The van der Waals surface area contributed by atoms with Gasteiger partial charge in [-0.3, -0.25) is 4.79 Å². The summed E-state index contributed by atoms with van der Waals surface area (Å²) in [5.41, 5.74) is 0.821. The van der Waals surface area contributed by atoms with Gasteiger partial charge >= 0.3 is 0 Å². The molecular formula is C17H15BrO3. The lowest BCUT2D eigenvalue weighted by molar-refractivity contribution is -0.127. The van der Waals surface area contributed by atoms with E-state index in [-0.39, 0.29) is 12.6 Å². The second-order valence-electron chi connectivity index (χ2n) is 5.10. The van der Waals surface area contributed by atoms with Crippen LogP contribution in [0.3, 0.4) is 0 Å². The smallest absolute Gasteiger partial charge is 0.178 e. The molecule has 1 aliphatic heterocycles. The Kier molecular flexibility index (Phi) is 4.19. The predicted molar refractivity (Wildman–Crippen MR) is 83.4 cm³/mol. The van der Waals surface area contributed by atoms with Crippen LogP contribution in [0.2, 0.25) is 0 Å². The topological polar surface area (TPSA) is 35.5 Å². The molecule has 0 unspecified atom stereocenters. The van der Waals surface area contributed by atoms with E-state index in [4.69, 9.17) is 9.47 Å². The van der Waals surface area contributed by atoms with Crippen LogP contribution in [0, 0.1) is 0 Å². The molecule has 108 valence electrons. The van der Waals surface area contributed by atoms with E-state index in [0.29, 0.717) is 18.8 Å². The fourth-order valence-electron chi connectivity index (χ4n) is 2.60. The lowest BCUT2D eigenvalue weighted by Crippen LogP contribution is -2.48. The van der Waals surface area contributed by atoms with Crippen LogP contribution in [-0.4, -0.2) is 25.8 Å². The lowest BCUT2D eigenvalue weighted by Gasteiger charge is -2.35. The molecule has 1 fully saturated rings. The Labute approximate surface area is 132 Å². The van der Waals surface area contributed by atoms with E-state index in [0.717, 1.165) is 10.0 Å². The van der Waals surface area contributed by atoms with Crippen molar-refractivity contribution in [3.8, 4) is 0 Å². The van der Waals surface area contributed by atoms with E-state index in [1.807, 2.05) is 54.6 Å². The molecule has 21 heavy (non-hydrogen) atoms. The summed E-state index contributed by atoms with van der Waals surface area (Å²) >= 11 is 3.39. The molecule has 0 atom stereocenters. The van der Waals surface area contributed by atoms with Crippen molar-refractivity contribution < 1.29 is 14.3 Å². The van der Waals surface area contributed by atoms with Crippen molar-refractivity contribution in [2.75, 3.05) is 20.0 Å². The van der Waals surface area contributed by atoms with Crippen molar-refractivity contribution >= 4 is 21.7 Å². The Morgan fingerprint density at radius 1 is 0.952 bits per heavy atom. The molecule has 1 heterocycles. The van der Waals surface area contributed by atoms with Gasteiger partial charge in [-0.25, -0.2) is 0 Å². The van der Waals surface area contributed by atoms with Gasteiger partial charge in [0.05, 0.1) is 13.2 Å². The van der Waals surface area contributed by atoms with Crippen molar-refractivity contribution in [1.82, 2.24) is 0 Å². The summed E-state index contributed by atoms with van der Waals surface area (Å²) in [7, 11) is 0. The summed E-state index contributed by atoms with van der Waals surface area (Å²) in [5.74, 6) is 0.0286. The van der Waals surface area contributed by atoms with Crippen LogP contribution in [0.15, 0.2) is 59.1 Å². The first-order chi connectivity index (χ1) is 10.2. The van der Waals surface area contributed by atoms with E-state index in [2.05, 4.69) is 15.9 Å². The first kappa shape index (κ1) is 14.4. The van der Waals surface area contributed by atoms with E-state index in [9.17, 15) is 4.79 Å². The SMILES string of the molecule is O=C(c1ccc(Br)cc1)C1(c2ccccc2)COCOC1. The van der Waals surface area contributed by atoms with Crippen molar-refractivity contribution in [2.24, 2.45) is 0 Å². The van der Waals surface area contributed by atoms with Crippen LogP contribution in [0.4, 0.5) is 0 Å². The maximum Gasteiger partial charge on any atom is 0.178 e. The van der Waals surface area contributed by atoms with Crippen molar-refractivity contribution in [3.63, 3.8) is 0 Å². The van der Waals surface area contributed by atoms with E-state index in [1.54, 1.807) is 0 Å². The number of hydrogen-bond acceptors (Lipinski definition) is 3. The molecule has 3 nitrogen and oxygen atoms in total. The van der Waals surface area contributed by atoms with E-state index in [1.165, 1.54) is 0 Å². The number of carbonyl (C=O) groups is 1. The minimum absolute atomic E-state index is 0.0286. The fraction of sp³-hybridized carbons (Fsp3) is 0.235. The normalized spacial score (nSPS) is 17.4. The molecule has 0 aromatic heterocycles. The van der Waals surface area contributed by atoms with Gasteiger partial charge in [-0.2, -0.15) is 0 Å². The minimum atomic E-state index is -0.770. The van der Waals surface area contributed by atoms with Gasteiger partial charge in [-0.05, 0) is 17.7 Å². The Bertz CT molecular complexity index is 616. The highest BCUT2D eigenvalue weighted by atomic mass is 79.9. The molecule has 0 spiro atoms. The molecule has 0 bridgehead atoms. The van der Waals surface area contributed by atoms with Crippen LogP contribution in [-0.2, 0) is 14.9 Å². The average molecular weight is 347 g/mol. The van der Waals surface area contributed by atoms with Gasteiger partial charge in [0.25, 0.3) is 0 Å². The van der Waals surface area contributed by atoms with Gasteiger partial charge in [0.2, 0.25) is 0 Å². The molecule has 0 radical (unpaired) electrons. The zero-order chi connectivity index (χ0) is 14.7. The highest BCUT2D eigenvalue weighted by molar-refractivity contribution is 9.10. The summed E-state index contributed by atoms with van der Waals surface area (Å²) in [6, 6.07) is 17.1. The van der Waals surface area contributed by atoms with Crippen molar-refractivity contribution in [3.05, 3.63) is 70.2 Å². The molecular weight excluding hydrogens is 332 g/mol. The maximum atomic E-state index is 13.1. The van der Waals surface area contributed by atoms with Gasteiger partial charge in [0, 0.05) is 10.0 Å². The standard InChI is InChI=1S/C17H15BrO3/c18-15-8-6-13(7-9-15)16(19)17(10-20-12-21-11-17)14-4-2-1-3-5-14/h1-9H,10-12H2. The first-order valence-corrected chi connectivity index (χ1v) is 7.53. The van der Waals surface area contributed by atoms with Gasteiger partial charge < -0.3 is 9.47 Å². The average Bonchev–Trinajstić information content (AvgIpc) is 2.56. The van der Waals surface area contributed by atoms with Crippen molar-refractivity contribution in [2.45, 2.75) is 5.41 Å². The summed E-state index contributed by atoms with van der Waals surface area (Å²) < 4.78 is 11.9. The molecule has 0 saturated carbocycles. The molecule has 2 aromatic carbocycles. The Hall–Kier alpha value is -1.49. The second kappa shape index (κ2) is 6.10. The van der Waals surface area contributed by atoms with Crippen LogP contribution >= 0.6 is 15.9 Å². The third kappa shape index (κ3) is 2.79. The first-order valence-electron chi connectivity index (χ1n) is 6.74. The van der Waals surface area contributed by atoms with Crippen LogP contribution in [0.1, 0.15) is 15.9 Å². The molecule has 1 aliphatic rings. The summed E-state index contributed by atoms with van der Waals surface area (Å²) in [5, 5.41) is 0. The third-order valence-corrected chi connectivity index (χ3v) is 4.26. The molecule has 0 aliphatic carbocycles. The van der Waals surface area contributed by atoms with E-state index < -0.39 is 5.41 Å². The van der Waals surface area contributed by atoms with Gasteiger partial charge in [0.15, 0.2) is 5.78 Å². The zero-order valence-electron chi connectivity index (χ0n) is 11.4.